The van der Waals surface area contributed by atoms with Gasteiger partial charge in [-0.05, 0) is 63.2 Å². The van der Waals surface area contributed by atoms with E-state index in [0.717, 1.165) is 41.3 Å². The van der Waals surface area contributed by atoms with Gasteiger partial charge < -0.3 is 9.84 Å². The van der Waals surface area contributed by atoms with Crippen LogP contribution in [0.15, 0.2) is 34.9 Å². The van der Waals surface area contributed by atoms with Crippen LogP contribution in [0, 0.1) is 24.7 Å². The zero-order chi connectivity index (χ0) is 16.1. The maximum Gasteiger partial charge on any atom is 0.151 e. The first-order valence-corrected chi connectivity index (χ1v) is 9.45. The fraction of sp³-hybridized carbons (Fsp3) is 0.571. The molecule has 0 saturated heterocycles. The second-order valence-corrected chi connectivity index (χ2v) is 8.60. The van der Waals surface area contributed by atoms with E-state index in [2.05, 4.69) is 47.7 Å². The number of benzene rings is 1. The number of aryl methyl sites for hydroxylation is 1. The average Bonchev–Trinajstić information content (AvgIpc) is 3.01. The molecule has 4 fully saturated rings. The van der Waals surface area contributed by atoms with Crippen molar-refractivity contribution in [1.29, 1.82) is 0 Å². The molecule has 6 rings (SSSR count). The van der Waals surface area contributed by atoms with Crippen LogP contribution < -0.4 is 5.32 Å². The minimum atomic E-state index is 0.381. The summed E-state index contributed by atoms with van der Waals surface area (Å²) >= 11 is 0. The van der Waals surface area contributed by atoms with Gasteiger partial charge in [0.05, 0.1) is 6.54 Å². The van der Waals surface area contributed by atoms with Crippen molar-refractivity contribution in [1.82, 2.24) is 10.5 Å². The van der Waals surface area contributed by atoms with E-state index in [1.807, 2.05) is 0 Å². The molecule has 3 heteroatoms. The molecule has 1 heterocycles. The van der Waals surface area contributed by atoms with E-state index in [0.29, 0.717) is 5.54 Å². The Balaban J connectivity index is 1.28. The zero-order valence-corrected chi connectivity index (χ0v) is 14.4. The van der Waals surface area contributed by atoms with Crippen molar-refractivity contribution in [3.63, 3.8) is 0 Å². The minimum Gasteiger partial charge on any atom is -0.359 e. The van der Waals surface area contributed by atoms with Crippen LogP contribution in [0.1, 0.15) is 49.8 Å². The predicted octanol–water partition coefficient (Wildman–Crippen LogP) is 4.71. The summed E-state index contributed by atoms with van der Waals surface area (Å²) in [5.41, 5.74) is 3.72. The van der Waals surface area contributed by atoms with Crippen LogP contribution >= 0.6 is 0 Å². The second kappa shape index (κ2) is 5.45. The molecule has 0 radical (unpaired) electrons. The first-order chi connectivity index (χ1) is 11.7. The van der Waals surface area contributed by atoms with Gasteiger partial charge in [-0.3, -0.25) is 0 Å². The van der Waals surface area contributed by atoms with E-state index < -0.39 is 0 Å². The van der Waals surface area contributed by atoms with Crippen molar-refractivity contribution in [2.24, 2.45) is 17.8 Å². The van der Waals surface area contributed by atoms with Gasteiger partial charge in [-0.1, -0.05) is 35.0 Å². The van der Waals surface area contributed by atoms with E-state index in [9.17, 15) is 0 Å². The van der Waals surface area contributed by atoms with Gasteiger partial charge >= 0.3 is 0 Å². The van der Waals surface area contributed by atoms with Crippen LogP contribution in [0.5, 0.6) is 0 Å². The third-order valence-corrected chi connectivity index (χ3v) is 6.58. The highest BCUT2D eigenvalue weighted by Gasteiger charge is 2.50. The summed E-state index contributed by atoms with van der Waals surface area (Å²) in [7, 11) is 0. The largest absolute Gasteiger partial charge is 0.359 e. The van der Waals surface area contributed by atoms with Crippen LogP contribution in [0.2, 0.25) is 0 Å². The number of aromatic nitrogens is 1. The first-order valence-electron chi connectivity index (χ1n) is 9.45. The lowest BCUT2D eigenvalue weighted by molar-refractivity contribution is -0.0215. The van der Waals surface area contributed by atoms with Crippen molar-refractivity contribution in [3.05, 3.63) is 41.7 Å². The molecule has 0 aliphatic heterocycles. The summed E-state index contributed by atoms with van der Waals surface area (Å²) in [6, 6.07) is 10.6. The monoisotopic (exact) mass is 322 g/mol. The number of hydrogen-bond donors (Lipinski definition) is 1. The van der Waals surface area contributed by atoms with Gasteiger partial charge in [0.15, 0.2) is 5.76 Å². The molecule has 4 bridgehead atoms. The smallest absolute Gasteiger partial charge is 0.151 e. The highest BCUT2D eigenvalue weighted by atomic mass is 16.5. The predicted molar refractivity (Wildman–Crippen MR) is 94.4 cm³/mol. The summed E-state index contributed by atoms with van der Waals surface area (Å²) in [5, 5.41) is 8.15. The molecule has 2 aromatic rings. The maximum atomic E-state index is 5.60. The van der Waals surface area contributed by atoms with Gasteiger partial charge in [-0.25, -0.2) is 0 Å². The van der Waals surface area contributed by atoms with Crippen LogP contribution in [0.25, 0.3) is 11.3 Å². The molecule has 1 aromatic carbocycles. The number of hydrogen-bond acceptors (Lipinski definition) is 3. The fourth-order valence-corrected chi connectivity index (χ4v) is 5.86. The van der Waals surface area contributed by atoms with Crippen LogP contribution in [0.4, 0.5) is 0 Å². The van der Waals surface area contributed by atoms with Crippen molar-refractivity contribution < 1.29 is 4.52 Å². The highest BCUT2D eigenvalue weighted by molar-refractivity contribution is 5.59. The average molecular weight is 322 g/mol. The lowest BCUT2D eigenvalue weighted by atomic mass is 9.53. The van der Waals surface area contributed by atoms with Gasteiger partial charge in [0.25, 0.3) is 0 Å². The number of nitrogens with one attached hydrogen (secondary N) is 1. The maximum absolute atomic E-state index is 5.60. The Hall–Kier alpha value is -1.61. The molecule has 0 amide bonds. The zero-order valence-electron chi connectivity index (χ0n) is 14.4. The van der Waals surface area contributed by atoms with Gasteiger partial charge in [0.2, 0.25) is 0 Å². The Kier molecular flexibility index (Phi) is 3.34. The molecule has 4 aliphatic rings. The summed E-state index contributed by atoms with van der Waals surface area (Å²) in [4.78, 5) is 0. The van der Waals surface area contributed by atoms with Crippen molar-refractivity contribution in [3.8, 4) is 11.3 Å². The standard InChI is InChI=1S/C21H26N2O/c1-14-2-4-18(5-3-14)20-9-19(24-23-20)13-22-21-10-15-6-16(11-21)8-17(7-15)12-21/h2-5,9,15-17,22H,6-8,10-13H2,1H3. The van der Waals surface area contributed by atoms with Gasteiger partial charge in [0.1, 0.15) is 5.69 Å². The van der Waals surface area contributed by atoms with Crippen LogP contribution in [0.3, 0.4) is 0 Å². The Morgan fingerprint density at radius 3 is 2.29 bits per heavy atom. The third-order valence-electron chi connectivity index (χ3n) is 6.58. The molecule has 24 heavy (non-hydrogen) atoms. The minimum absolute atomic E-state index is 0.381. The lowest BCUT2D eigenvalue weighted by Gasteiger charge is -2.57. The van der Waals surface area contributed by atoms with E-state index in [1.165, 1.54) is 44.1 Å². The Bertz CT molecular complexity index is 695. The molecule has 0 unspecified atom stereocenters. The van der Waals surface area contributed by atoms with Gasteiger partial charge in [-0.15, -0.1) is 0 Å². The molecule has 4 saturated carbocycles. The molecule has 1 aromatic heterocycles. The van der Waals surface area contributed by atoms with Gasteiger partial charge in [0, 0.05) is 17.2 Å². The Morgan fingerprint density at radius 1 is 1.04 bits per heavy atom. The van der Waals surface area contributed by atoms with E-state index in [-0.39, 0.29) is 0 Å². The molecule has 4 aliphatic carbocycles. The summed E-state index contributed by atoms with van der Waals surface area (Å²) in [6.07, 6.45) is 8.58. The lowest BCUT2D eigenvalue weighted by Crippen LogP contribution is -2.58. The molecular weight excluding hydrogens is 296 g/mol. The molecule has 126 valence electrons. The normalized spacial score (nSPS) is 34.0. The molecule has 1 N–H and O–H groups in total. The van der Waals surface area contributed by atoms with E-state index in [1.54, 1.807) is 0 Å². The molecule has 3 nitrogen and oxygen atoms in total. The second-order valence-electron chi connectivity index (χ2n) is 8.60. The van der Waals surface area contributed by atoms with Crippen LogP contribution in [-0.4, -0.2) is 10.7 Å². The Morgan fingerprint density at radius 2 is 1.67 bits per heavy atom. The van der Waals surface area contributed by atoms with Crippen LogP contribution in [-0.2, 0) is 6.54 Å². The molecular formula is C21H26N2O. The first kappa shape index (κ1) is 14.7. The number of nitrogens with zero attached hydrogens (tertiary/aromatic N) is 1. The SMILES string of the molecule is Cc1ccc(-c2cc(CNC34CC5CC(CC(C5)C3)C4)on2)cc1. The van der Waals surface area contributed by atoms with E-state index >= 15 is 0 Å². The van der Waals surface area contributed by atoms with Crippen molar-refractivity contribution in [2.75, 3.05) is 0 Å². The molecule has 0 atom stereocenters. The number of rotatable bonds is 4. The third kappa shape index (κ3) is 2.59. The highest BCUT2D eigenvalue weighted by Crippen LogP contribution is 2.55. The Labute approximate surface area is 143 Å². The van der Waals surface area contributed by atoms with E-state index in [4.69, 9.17) is 4.52 Å². The summed E-state index contributed by atoms with van der Waals surface area (Å²) < 4.78 is 5.60. The van der Waals surface area contributed by atoms with Crippen molar-refractivity contribution in [2.45, 2.75) is 57.5 Å². The summed E-state index contributed by atoms with van der Waals surface area (Å²) in [6.45, 7) is 2.92. The topological polar surface area (TPSA) is 38.1 Å². The van der Waals surface area contributed by atoms with Gasteiger partial charge in [-0.2, -0.15) is 0 Å². The summed E-state index contributed by atoms with van der Waals surface area (Å²) in [5.74, 6) is 3.88. The molecule has 0 spiro atoms. The fourth-order valence-electron chi connectivity index (χ4n) is 5.86. The quantitative estimate of drug-likeness (QED) is 0.886. The van der Waals surface area contributed by atoms with Crippen molar-refractivity contribution >= 4 is 0 Å².